The lowest BCUT2D eigenvalue weighted by atomic mass is 9.98. The van der Waals surface area contributed by atoms with Gasteiger partial charge in [-0.25, -0.2) is 4.79 Å². The van der Waals surface area contributed by atoms with Gasteiger partial charge < -0.3 is 42.7 Å². The largest absolute Gasteiger partial charge is 0.480 e. The summed E-state index contributed by atoms with van der Waals surface area (Å²) in [6.07, 6.45) is -1.28. The van der Waals surface area contributed by atoms with Gasteiger partial charge in [-0.15, -0.1) is 0 Å². The van der Waals surface area contributed by atoms with Crippen LogP contribution in [0.25, 0.3) is 0 Å². The van der Waals surface area contributed by atoms with Gasteiger partial charge in [0.05, 0.1) is 18.8 Å². The van der Waals surface area contributed by atoms with Crippen molar-refractivity contribution in [3.8, 4) is 0 Å². The minimum Gasteiger partial charge on any atom is -0.480 e. The van der Waals surface area contributed by atoms with Crippen molar-refractivity contribution in [2.45, 2.75) is 70.3 Å². The lowest BCUT2D eigenvalue weighted by molar-refractivity contribution is -0.145. The normalized spacial score (nSPS) is 16.7. The van der Waals surface area contributed by atoms with Crippen LogP contribution in [0.3, 0.4) is 0 Å². The first-order valence-electron chi connectivity index (χ1n) is 9.82. The molecule has 0 saturated heterocycles. The molecular weight excluding hydrogens is 414 g/mol. The summed E-state index contributed by atoms with van der Waals surface area (Å²) in [7, 11) is 0. The van der Waals surface area contributed by atoms with Gasteiger partial charge in [0.25, 0.3) is 0 Å². The number of aliphatic hydroxyl groups excluding tert-OH is 2. The molecule has 0 bridgehead atoms. The first kappa shape index (κ1) is 28.2. The summed E-state index contributed by atoms with van der Waals surface area (Å²) < 4.78 is 0. The average molecular weight is 447 g/mol. The summed E-state index contributed by atoms with van der Waals surface area (Å²) in [5.74, 6) is -5.06. The van der Waals surface area contributed by atoms with E-state index in [4.69, 9.17) is 16.6 Å². The lowest BCUT2D eigenvalue weighted by Gasteiger charge is -2.25. The van der Waals surface area contributed by atoms with Crippen LogP contribution < -0.4 is 27.4 Å². The van der Waals surface area contributed by atoms with Gasteiger partial charge in [0.15, 0.2) is 6.04 Å². The van der Waals surface area contributed by atoms with E-state index in [-0.39, 0.29) is 18.8 Å². The minimum absolute atomic E-state index is 0.189. The molecule has 0 aliphatic rings. The summed E-state index contributed by atoms with van der Waals surface area (Å²) in [5, 5.41) is 34.5. The summed E-state index contributed by atoms with van der Waals surface area (Å²) in [5.41, 5.74) is 10.9. The molecule has 13 nitrogen and oxygen atoms in total. The Balaban J connectivity index is 5.34. The topological polar surface area (TPSA) is 234 Å². The van der Waals surface area contributed by atoms with Crippen molar-refractivity contribution in [1.29, 1.82) is 0 Å². The molecule has 0 aromatic heterocycles. The number of carbonyl (C=O) groups is 5. The molecule has 0 rings (SSSR count). The molecule has 6 atom stereocenters. The quantitative estimate of drug-likeness (QED) is 0.132. The van der Waals surface area contributed by atoms with E-state index in [0.717, 1.165) is 6.92 Å². The molecule has 0 aliphatic heterocycles. The maximum absolute atomic E-state index is 12.6. The van der Waals surface area contributed by atoms with E-state index >= 15 is 0 Å². The number of carbonyl (C=O) groups excluding carboxylic acids is 4. The highest BCUT2D eigenvalue weighted by Crippen LogP contribution is 2.07. The number of nitrogens with two attached hydrogens (primary N) is 2. The van der Waals surface area contributed by atoms with Crippen LogP contribution in [-0.2, 0) is 24.0 Å². The molecule has 178 valence electrons. The number of primary amides is 1. The fraction of sp³-hybridized carbons (Fsp3) is 0.722. The molecule has 31 heavy (non-hydrogen) atoms. The first-order chi connectivity index (χ1) is 14.3. The number of hydrogen-bond donors (Lipinski definition) is 8. The Labute approximate surface area is 179 Å². The molecule has 0 saturated carbocycles. The molecule has 0 spiro atoms. The minimum atomic E-state index is -1.67. The predicted molar refractivity (Wildman–Crippen MR) is 108 cm³/mol. The monoisotopic (exact) mass is 447 g/mol. The number of hydrogen-bond acceptors (Lipinski definition) is 8. The summed E-state index contributed by atoms with van der Waals surface area (Å²) in [6.45, 7) is 3.82. The van der Waals surface area contributed by atoms with Gasteiger partial charge in [0.2, 0.25) is 23.6 Å². The fourth-order valence-electron chi connectivity index (χ4n) is 2.44. The molecule has 0 aromatic rings. The van der Waals surface area contributed by atoms with Crippen molar-refractivity contribution in [2.24, 2.45) is 17.4 Å². The van der Waals surface area contributed by atoms with Crippen molar-refractivity contribution in [3.05, 3.63) is 0 Å². The highest BCUT2D eigenvalue weighted by atomic mass is 16.4. The van der Waals surface area contributed by atoms with Crippen LogP contribution in [0.1, 0.15) is 40.0 Å². The van der Waals surface area contributed by atoms with Gasteiger partial charge in [-0.05, 0) is 19.3 Å². The van der Waals surface area contributed by atoms with Gasteiger partial charge in [-0.2, -0.15) is 0 Å². The molecule has 0 radical (unpaired) electrons. The molecule has 10 N–H and O–H groups in total. The molecule has 0 aliphatic carbocycles. The fourth-order valence-corrected chi connectivity index (χ4v) is 2.44. The Hall–Kier alpha value is -2.77. The maximum atomic E-state index is 12.6. The third kappa shape index (κ3) is 9.72. The lowest BCUT2D eigenvalue weighted by Crippen LogP contribution is -2.59. The van der Waals surface area contributed by atoms with Gasteiger partial charge in [0, 0.05) is 6.42 Å². The van der Waals surface area contributed by atoms with E-state index in [1.807, 2.05) is 12.2 Å². The highest BCUT2D eigenvalue weighted by Gasteiger charge is 2.32. The number of rotatable bonds is 14. The van der Waals surface area contributed by atoms with Crippen molar-refractivity contribution >= 4 is 29.6 Å². The predicted octanol–water partition coefficient (Wildman–Crippen LogP) is -3.46. The van der Waals surface area contributed by atoms with Gasteiger partial charge in [-0.3, -0.25) is 19.2 Å². The molecule has 4 amide bonds. The molecule has 0 heterocycles. The third-order valence-electron chi connectivity index (χ3n) is 4.73. The zero-order chi connectivity index (χ0) is 24.3. The number of carboxylic acid groups (broad SMARTS) is 1. The van der Waals surface area contributed by atoms with Crippen molar-refractivity contribution in [1.82, 2.24) is 16.0 Å². The Morgan fingerprint density at radius 1 is 0.935 bits per heavy atom. The maximum Gasteiger partial charge on any atom is 0.328 e. The second kappa shape index (κ2) is 13.5. The SMILES string of the molecule is CCC(C)C(N)C(=O)NC(CCC(N)=O)C(=O)NC(CO)C(=O)NC(C(=O)O)C(C)O. The Kier molecular flexibility index (Phi) is 12.3. The molecular formula is C18H33N5O8. The van der Waals surface area contributed by atoms with Crippen LogP contribution in [0.15, 0.2) is 0 Å². The number of nitrogens with one attached hydrogen (secondary N) is 3. The van der Waals surface area contributed by atoms with Crippen LogP contribution in [0, 0.1) is 5.92 Å². The highest BCUT2D eigenvalue weighted by molar-refractivity contribution is 5.94. The van der Waals surface area contributed by atoms with Gasteiger partial charge in [0.1, 0.15) is 12.1 Å². The van der Waals surface area contributed by atoms with Gasteiger partial charge >= 0.3 is 5.97 Å². The molecule has 0 fully saturated rings. The van der Waals surface area contributed by atoms with E-state index in [1.165, 1.54) is 0 Å². The zero-order valence-corrected chi connectivity index (χ0v) is 17.8. The Morgan fingerprint density at radius 2 is 1.45 bits per heavy atom. The number of aliphatic hydroxyl groups is 2. The molecule has 13 heteroatoms. The smallest absolute Gasteiger partial charge is 0.328 e. The summed E-state index contributed by atoms with van der Waals surface area (Å²) in [6, 6.07) is -5.46. The van der Waals surface area contributed by atoms with Crippen molar-refractivity contribution in [2.75, 3.05) is 6.61 Å². The second-order valence-corrected chi connectivity index (χ2v) is 7.29. The Morgan fingerprint density at radius 3 is 1.87 bits per heavy atom. The molecule has 0 aromatic carbocycles. The van der Waals surface area contributed by atoms with Crippen molar-refractivity contribution < 1.29 is 39.3 Å². The van der Waals surface area contributed by atoms with Crippen LogP contribution in [0.5, 0.6) is 0 Å². The van der Waals surface area contributed by atoms with Crippen LogP contribution in [0.4, 0.5) is 0 Å². The van der Waals surface area contributed by atoms with Crippen molar-refractivity contribution in [3.63, 3.8) is 0 Å². The van der Waals surface area contributed by atoms with E-state index in [2.05, 4.69) is 10.6 Å². The van der Waals surface area contributed by atoms with Gasteiger partial charge in [-0.1, -0.05) is 20.3 Å². The Bertz CT molecular complexity index is 657. The standard InChI is InChI=1S/C18H33N5O8/c1-4-8(2)13(20)17(29)21-10(5-6-12(19)26)15(27)22-11(7-24)16(28)23-14(9(3)25)18(30)31/h8-11,13-14,24-25H,4-7,20H2,1-3H3,(H2,19,26)(H,21,29)(H,22,27)(H,23,28)(H,30,31). The first-order valence-corrected chi connectivity index (χ1v) is 9.82. The second-order valence-electron chi connectivity index (χ2n) is 7.29. The zero-order valence-electron chi connectivity index (χ0n) is 17.8. The average Bonchev–Trinajstić information content (AvgIpc) is 2.70. The molecule has 6 unspecified atom stereocenters. The van der Waals surface area contributed by atoms with Crippen LogP contribution in [0.2, 0.25) is 0 Å². The van der Waals surface area contributed by atoms with E-state index < -0.39 is 66.5 Å². The third-order valence-corrected chi connectivity index (χ3v) is 4.73. The summed E-state index contributed by atoms with van der Waals surface area (Å²) in [4.78, 5) is 59.4. The van der Waals surface area contributed by atoms with Crippen LogP contribution >= 0.6 is 0 Å². The number of aliphatic carboxylic acids is 1. The number of carboxylic acids is 1. The van der Waals surface area contributed by atoms with Crippen LogP contribution in [-0.4, -0.2) is 81.8 Å². The van der Waals surface area contributed by atoms with E-state index in [9.17, 15) is 34.2 Å². The number of amides is 4. The summed E-state index contributed by atoms with van der Waals surface area (Å²) >= 11 is 0. The van der Waals surface area contributed by atoms with E-state index in [0.29, 0.717) is 6.42 Å². The van der Waals surface area contributed by atoms with E-state index in [1.54, 1.807) is 6.92 Å².